The van der Waals surface area contributed by atoms with Crippen LogP contribution in [0.1, 0.15) is 72.1 Å². The second kappa shape index (κ2) is 5.47. The zero-order valence-corrected chi connectivity index (χ0v) is 15.6. The summed E-state index contributed by atoms with van der Waals surface area (Å²) >= 11 is 0. The fourth-order valence-electron chi connectivity index (χ4n) is 6.87. The molecular formula is C22H32O2. The summed E-state index contributed by atoms with van der Waals surface area (Å²) in [7, 11) is 0. The predicted octanol–water partition coefficient (Wildman–Crippen LogP) is 5.44. The predicted molar refractivity (Wildman–Crippen MR) is 96.4 cm³/mol. The van der Waals surface area contributed by atoms with Gasteiger partial charge >= 0.3 is 5.97 Å². The lowest BCUT2D eigenvalue weighted by atomic mass is 9.48. The fourth-order valence-corrected chi connectivity index (χ4v) is 6.87. The van der Waals surface area contributed by atoms with E-state index in [9.17, 15) is 4.79 Å². The summed E-state index contributed by atoms with van der Waals surface area (Å²) in [5.41, 5.74) is 3.84. The molecule has 0 amide bonds. The zero-order valence-electron chi connectivity index (χ0n) is 15.6. The summed E-state index contributed by atoms with van der Waals surface area (Å²) in [6.07, 6.45) is 12.3. The van der Waals surface area contributed by atoms with Crippen LogP contribution in [0.2, 0.25) is 0 Å². The molecule has 3 unspecified atom stereocenters. The number of ether oxygens (including phenoxy) is 1. The Morgan fingerprint density at radius 3 is 2.62 bits per heavy atom. The van der Waals surface area contributed by atoms with Crippen molar-refractivity contribution in [1.29, 1.82) is 0 Å². The van der Waals surface area contributed by atoms with E-state index in [2.05, 4.69) is 26.5 Å². The summed E-state index contributed by atoms with van der Waals surface area (Å²) in [5.74, 6) is 2.36. The normalized spacial score (nSPS) is 47.3. The molecule has 132 valence electrons. The van der Waals surface area contributed by atoms with Crippen LogP contribution in [0.4, 0.5) is 0 Å². The first-order valence-electron chi connectivity index (χ1n) is 9.89. The number of allylic oxidation sites excluding steroid dienone is 2. The molecule has 0 aromatic rings. The molecule has 0 aliphatic heterocycles. The maximum Gasteiger partial charge on any atom is 0.302 e. The summed E-state index contributed by atoms with van der Waals surface area (Å²) in [6, 6.07) is 0. The summed E-state index contributed by atoms with van der Waals surface area (Å²) < 4.78 is 5.53. The van der Waals surface area contributed by atoms with Crippen LogP contribution in [-0.2, 0) is 9.53 Å². The van der Waals surface area contributed by atoms with Gasteiger partial charge in [-0.05, 0) is 73.5 Å². The van der Waals surface area contributed by atoms with Crippen LogP contribution in [0.25, 0.3) is 0 Å². The summed E-state index contributed by atoms with van der Waals surface area (Å²) in [5, 5.41) is 0. The molecule has 0 bridgehead atoms. The highest BCUT2D eigenvalue weighted by Gasteiger charge is 2.56. The third kappa shape index (κ3) is 2.24. The number of hydrogen-bond donors (Lipinski definition) is 0. The molecule has 3 fully saturated rings. The van der Waals surface area contributed by atoms with E-state index in [1.165, 1.54) is 51.0 Å². The zero-order chi connectivity index (χ0) is 17.1. The van der Waals surface area contributed by atoms with E-state index in [0.29, 0.717) is 10.8 Å². The molecule has 2 nitrogen and oxygen atoms in total. The van der Waals surface area contributed by atoms with Crippen LogP contribution >= 0.6 is 0 Å². The fraction of sp³-hybridized carbons (Fsp3) is 0.773. The van der Waals surface area contributed by atoms with Crippen molar-refractivity contribution in [3.05, 3.63) is 23.8 Å². The highest BCUT2D eigenvalue weighted by atomic mass is 16.5. The lowest BCUT2D eigenvalue weighted by molar-refractivity contribution is -0.148. The Balaban J connectivity index is 1.60. The first-order chi connectivity index (χ1) is 11.3. The van der Waals surface area contributed by atoms with E-state index in [1.54, 1.807) is 5.57 Å². The number of carbonyl (C=O) groups is 1. The maximum atomic E-state index is 11.3. The van der Waals surface area contributed by atoms with Gasteiger partial charge in [0.05, 0.1) is 0 Å². The first-order valence-corrected chi connectivity index (χ1v) is 9.89. The Bertz CT molecular complexity index is 603. The largest absolute Gasteiger partial charge is 0.462 e. The Morgan fingerprint density at radius 2 is 1.88 bits per heavy atom. The van der Waals surface area contributed by atoms with Crippen LogP contribution in [0.5, 0.6) is 0 Å². The van der Waals surface area contributed by atoms with E-state index in [1.807, 2.05) is 0 Å². The van der Waals surface area contributed by atoms with Gasteiger partial charge in [0, 0.05) is 13.3 Å². The van der Waals surface area contributed by atoms with Crippen molar-refractivity contribution in [2.24, 2.45) is 28.6 Å². The number of carbonyl (C=O) groups excluding carboxylic acids is 1. The molecule has 2 heteroatoms. The Morgan fingerprint density at radius 1 is 1.17 bits per heavy atom. The Kier molecular flexibility index (Phi) is 3.75. The number of esters is 1. The lowest BCUT2D eigenvalue weighted by Crippen LogP contribution is -2.49. The minimum atomic E-state index is -0.129. The average Bonchev–Trinajstić information content (AvgIpc) is 2.83. The van der Waals surface area contributed by atoms with Crippen molar-refractivity contribution in [1.82, 2.24) is 0 Å². The van der Waals surface area contributed by atoms with Gasteiger partial charge in [-0.25, -0.2) is 0 Å². The monoisotopic (exact) mass is 328 g/mol. The van der Waals surface area contributed by atoms with Crippen molar-refractivity contribution in [3.63, 3.8) is 0 Å². The van der Waals surface area contributed by atoms with Gasteiger partial charge in [0.15, 0.2) is 0 Å². The van der Waals surface area contributed by atoms with E-state index in [0.717, 1.165) is 30.6 Å². The summed E-state index contributed by atoms with van der Waals surface area (Å²) in [6.45, 7) is 11.0. The van der Waals surface area contributed by atoms with Gasteiger partial charge in [0.25, 0.3) is 0 Å². The van der Waals surface area contributed by atoms with Crippen molar-refractivity contribution in [3.8, 4) is 0 Å². The highest BCUT2D eigenvalue weighted by molar-refractivity contribution is 5.66. The first kappa shape index (κ1) is 16.4. The highest BCUT2D eigenvalue weighted by Crippen LogP contribution is 2.65. The molecule has 3 saturated carbocycles. The molecule has 0 N–H and O–H groups in total. The van der Waals surface area contributed by atoms with Gasteiger partial charge in [-0.3, -0.25) is 4.79 Å². The molecule has 4 aliphatic rings. The van der Waals surface area contributed by atoms with Gasteiger partial charge in [0.2, 0.25) is 0 Å². The molecular weight excluding hydrogens is 296 g/mol. The van der Waals surface area contributed by atoms with E-state index >= 15 is 0 Å². The second-order valence-electron chi connectivity index (χ2n) is 9.33. The van der Waals surface area contributed by atoms with Crippen LogP contribution in [0, 0.1) is 28.6 Å². The molecule has 0 saturated heterocycles. The molecule has 0 aromatic heterocycles. The molecule has 0 spiro atoms. The second-order valence-corrected chi connectivity index (χ2v) is 9.33. The minimum absolute atomic E-state index is 0.110. The third-order valence-corrected chi connectivity index (χ3v) is 8.35. The van der Waals surface area contributed by atoms with Crippen molar-refractivity contribution >= 4 is 5.97 Å². The SMILES string of the molecule is C=C1CCC2C3CC=C4C[C@@H](OC(C)=O)CC[C@]4(C)C3CC[C@]12C. The molecule has 4 aliphatic carbocycles. The van der Waals surface area contributed by atoms with Crippen LogP contribution in [0.3, 0.4) is 0 Å². The van der Waals surface area contributed by atoms with Crippen LogP contribution < -0.4 is 0 Å². The van der Waals surface area contributed by atoms with Crippen LogP contribution in [0.15, 0.2) is 23.8 Å². The number of rotatable bonds is 1. The van der Waals surface area contributed by atoms with Gasteiger partial charge in [0.1, 0.15) is 6.10 Å². The van der Waals surface area contributed by atoms with Gasteiger partial charge in [-0.15, -0.1) is 0 Å². The Hall–Kier alpha value is -1.05. The third-order valence-electron chi connectivity index (χ3n) is 8.35. The van der Waals surface area contributed by atoms with E-state index < -0.39 is 0 Å². The maximum absolute atomic E-state index is 11.3. The lowest BCUT2D eigenvalue weighted by Gasteiger charge is -2.57. The number of fused-ring (bicyclic) bond motifs is 5. The van der Waals surface area contributed by atoms with Gasteiger partial charge in [-0.1, -0.05) is 37.6 Å². The summed E-state index contributed by atoms with van der Waals surface area (Å²) in [4.78, 5) is 11.3. The molecule has 6 atom stereocenters. The van der Waals surface area contributed by atoms with E-state index in [-0.39, 0.29) is 12.1 Å². The van der Waals surface area contributed by atoms with Crippen molar-refractivity contribution in [2.75, 3.05) is 0 Å². The molecule has 0 heterocycles. The van der Waals surface area contributed by atoms with Gasteiger partial charge in [-0.2, -0.15) is 0 Å². The topological polar surface area (TPSA) is 26.3 Å². The standard InChI is InChI=1S/C22H32O2/c1-14-5-8-19-18-7-6-16-13-17(24-15(2)23)9-11-22(16,4)20(18)10-12-21(14,19)3/h6,17-20H,1,5,7-13H2,2-4H3/t17-,18?,19?,20?,21+,22-/m0/s1. The number of hydrogen-bond acceptors (Lipinski definition) is 2. The van der Waals surface area contributed by atoms with E-state index in [4.69, 9.17) is 4.74 Å². The molecule has 0 aromatic carbocycles. The van der Waals surface area contributed by atoms with Crippen molar-refractivity contribution in [2.45, 2.75) is 78.2 Å². The molecule has 0 radical (unpaired) electrons. The van der Waals surface area contributed by atoms with Crippen molar-refractivity contribution < 1.29 is 9.53 Å². The smallest absolute Gasteiger partial charge is 0.302 e. The van der Waals surface area contributed by atoms with Gasteiger partial charge < -0.3 is 4.74 Å². The minimum Gasteiger partial charge on any atom is -0.462 e. The quantitative estimate of drug-likeness (QED) is 0.473. The van der Waals surface area contributed by atoms with Crippen LogP contribution in [-0.4, -0.2) is 12.1 Å². The molecule has 4 rings (SSSR count). The Labute approximate surface area is 146 Å². The average molecular weight is 328 g/mol. The molecule has 24 heavy (non-hydrogen) atoms.